The third kappa shape index (κ3) is 5.23. The van der Waals surface area contributed by atoms with E-state index >= 15 is 0 Å². The molecule has 32 heavy (non-hydrogen) atoms. The minimum absolute atomic E-state index is 0.00986. The van der Waals surface area contributed by atoms with Crippen LogP contribution in [0.25, 0.3) is 17.2 Å². The quantitative estimate of drug-likeness (QED) is 0.337. The molecule has 0 bridgehead atoms. The van der Waals surface area contributed by atoms with Gasteiger partial charge >= 0.3 is 5.97 Å². The summed E-state index contributed by atoms with van der Waals surface area (Å²) in [6.07, 6.45) is 1.09. The van der Waals surface area contributed by atoms with Crippen molar-refractivity contribution in [1.82, 2.24) is 10.2 Å². The molecule has 0 fully saturated rings. The summed E-state index contributed by atoms with van der Waals surface area (Å²) >= 11 is 9.44. The van der Waals surface area contributed by atoms with Crippen LogP contribution in [-0.2, 0) is 19.4 Å². The number of ether oxygens (including phenoxy) is 1. The van der Waals surface area contributed by atoms with Crippen LogP contribution in [0.15, 0.2) is 62.3 Å². The van der Waals surface area contributed by atoms with Crippen LogP contribution >= 0.6 is 27.5 Å². The largest absolute Gasteiger partial charge is 0.464 e. The fourth-order valence-corrected chi connectivity index (χ4v) is 3.80. The number of hydrogen-bond donors (Lipinski definition) is 2. The third-order valence-corrected chi connectivity index (χ3v) is 6.34. The first-order valence-electron chi connectivity index (χ1n) is 8.84. The second-order valence-electron chi connectivity index (χ2n) is 6.37. The molecular formula is C20H16BrClN4O5S. The van der Waals surface area contributed by atoms with Crippen molar-refractivity contribution < 1.29 is 22.4 Å². The van der Waals surface area contributed by atoms with E-state index in [9.17, 15) is 13.2 Å². The van der Waals surface area contributed by atoms with Crippen LogP contribution in [0.5, 0.6) is 0 Å². The van der Waals surface area contributed by atoms with Gasteiger partial charge in [-0.25, -0.2) is 13.2 Å². The summed E-state index contributed by atoms with van der Waals surface area (Å²) in [5.74, 6) is -0.935. The highest BCUT2D eigenvalue weighted by molar-refractivity contribution is 9.12. The molecule has 166 valence electrons. The molecule has 0 amide bonds. The van der Waals surface area contributed by atoms with Gasteiger partial charge in [0.2, 0.25) is 5.89 Å². The van der Waals surface area contributed by atoms with Crippen molar-refractivity contribution in [3.63, 3.8) is 0 Å². The zero-order valence-corrected chi connectivity index (χ0v) is 19.9. The molecule has 9 nitrogen and oxygen atoms in total. The van der Waals surface area contributed by atoms with E-state index in [1.165, 1.54) is 12.1 Å². The van der Waals surface area contributed by atoms with E-state index in [-0.39, 0.29) is 26.9 Å². The Hall–Kier alpha value is -3.02. The van der Waals surface area contributed by atoms with Crippen LogP contribution in [0, 0.1) is 5.41 Å². The molecule has 0 radical (unpaired) electrons. The molecule has 1 heterocycles. The van der Waals surface area contributed by atoms with Crippen molar-refractivity contribution in [2.24, 2.45) is 0 Å². The van der Waals surface area contributed by atoms with Crippen molar-refractivity contribution >= 4 is 60.4 Å². The molecule has 0 aliphatic rings. The van der Waals surface area contributed by atoms with Gasteiger partial charge in [-0.3, -0.25) is 5.41 Å². The Morgan fingerprint density at radius 3 is 2.56 bits per heavy atom. The number of sulfone groups is 1. The first-order chi connectivity index (χ1) is 15.1. The van der Waals surface area contributed by atoms with Gasteiger partial charge in [-0.15, -0.1) is 10.2 Å². The van der Waals surface area contributed by atoms with E-state index in [1.54, 1.807) is 36.4 Å². The van der Waals surface area contributed by atoms with Gasteiger partial charge in [-0.05, 0) is 46.3 Å². The van der Waals surface area contributed by atoms with Crippen molar-refractivity contribution in [3.8, 4) is 11.5 Å². The maximum atomic E-state index is 11.9. The molecule has 0 saturated heterocycles. The lowest BCUT2D eigenvalue weighted by atomic mass is 10.2. The smallest absolute Gasteiger partial charge is 0.357 e. The molecule has 2 aromatic carbocycles. The number of carbonyl (C=O) groups excluding carboxylic acids is 1. The van der Waals surface area contributed by atoms with Crippen LogP contribution in [0.3, 0.4) is 0 Å². The Kier molecular flexibility index (Phi) is 7.12. The first kappa shape index (κ1) is 23.6. The number of nitrogens with one attached hydrogen (secondary N) is 2. The minimum Gasteiger partial charge on any atom is -0.464 e. The van der Waals surface area contributed by atoms with E-state index in [1.807, 2.05) is 0 Å². The third-order valence-electron chi connectivity index (χ3n) is 4.11. The van der Waals surface area contributed by atoms with Crippen LogP contribution < -0.4 is 5.32 Å². The zero-order chi connectivity index (χ0) is 23.5. The molecule has 3 aromatic rings. The van der Waals surface area contributed by atoms with Crippen LogP contribution in [-0.4, -0.2) is 43.7 Å². The summed E-state index contributed by atoms with van der Waals surface area (Å²) in [5.41, 5.74) is 0.424. The number of methoxy groups -OCH3 is 1. The fraction of sp³-hybridized carbons (Fsp3) is 0.100. The van der Waals surface area contributed by atoms with Gasteiger partial charge in [0.15, 0.2) is 15.5 Å². The number of hydrogen-bond acceptors (Lipinski definition) is 9. The average Bonchev–Trinajstić information content (AvgIpc) is 3.26. The highest BCUT2D eigenvalue weighted by Crippen LogP contribution is 2.31. The summed E-state index contributed by atoms with van der Waals surface area (Å²) in [6, 6.07) is 12.8. The van der Waals surface area contributed by atoms with Crippen molar-refractivity contribution in [1.29, 1.82) is 5.41 Å². The van der Waals surface area contributed by atoms with Gasteiger partial charge < -0.3 is 14.5 Å². The summed E-state index contributed by atoms with van der Waals surface area (Å²) in [6.45, 7) is 0. The number of nitrogens with zero attached hydrogens (tertiary/aromatic N) is 2. The number of anilines is 1. The Balaban J connectivity index is 2.09. The van der Waals surface area contributed by atoms with Gasteiger partial charge in [-0.2, -0.15) is 0 Å². The Labute approximate surface area is 197 Å². The minimum atomic E-state index is -3.44. The topological polar surface area (TPSA) is 135 Å². The van der Waals surface area contributed by atoms with Gasteiger partial charge in [-0.1, -0.05) is 29.8 Å². The molecule has 0 aliphatic carbocycles. The van der Waals surface area contributed by atoms with Crippen molar-refractivity contribution in [2.75, 3.05) is 18.7 Å². The normalized spacial score (nSPS) is 12.1. The van der Waals surface area contributed by atoms with Gasteiger partial charge in [0.05, 0.1) is 27.2 Å². The standard InChI is InChI=1S/C20H16BrClN4O5S/c1-30-20(27)16(23)15(21)17(24-14-9-4-3-8-13(14)22)19-26-25-18(31-19)11-6-5-7-12(10-11)32(2,28)29/h3-10,23-24H,1-2H3/b17-15+,23-16?. The molecule has 0 atom stereocenters. The highest BCUT2D eigenvalue weighted by Gasteiger charge is 2.23. The molecule has 0 saturated carbocycles. The Morgan fingerprint density at radius 2 is 1.91 bits per heavy atom. The lowest BCUT2D eigenvalue weighted by Crippen LogP contribution is -2.17. The molecule has 12 heteroatoms. The number of para-hydroxylation sites is 1. The lowest BCUT2D eigenvalue weighted by Gasteiger charge is -2.12. The second kappa shape index (κ2) is 9.63. The van der Waals surface area contributed by atoms with Crippen LogP contribution in [0.1, 0.15) is 5.89 Å². The highest BCUT2D eigenvalue weighted by atomic mass is 79.9. The number of halogens is 2. The molecule has 0 spiro atoms. The van der Waals surface area contributed by atoms with Crippen LogP contribution in [0.4, 0.5) is 5.69 Å². The van der Waals surface area contributed by atoms with E-state index in [4.69, 9.17) is 21.4 Å². The number of carbonyl (C=O) groups is 1. The van der Waals surface area contributed by atoms with Gasteiger partial charge in [0.1, 0.15) is 5.70 Å². The molecular weight excluding hydrogens is 524 g/mol. The predicted octanol–water partition coefficient (Wildman–Crippen LogP) is 4.16. The predicted molar refractivity (Wildman–Crippen MR) is 124 cm³/mol. The SMILES string of the molecule is COC(=O)C(=N)/C(Br)=C(\Nc1ccccc1Cl)c1nnc(-c2cccc(S(C)(=O)=O)c2)o1. The molecule has 3 rings (SSSR count). The second-order valence-corrected chi connectivity index (χ2v) is 9.59. The van der Waals surface area contributed by atoms with Gasteiger partial charge in [0.25, 0.3) is 5.89 Å². The van der Waals surface area contributed by atoms with Crippen LogP contribution in [0.2, 0.25) is 5.02 Å². The molecule has 0 unspecified atom stereocenters. The number of aromatic nitrogens is 2. The van der Waals surface area contributed by atoms with Crippen molar-refractivity contribution in [2.45, 2.75) is 4.90 Å². The molecule has 0 aliphatic heterocycles. The average molecular weight is 540 g/mol. The van der Waals surface area contributed by atoms with E-state index in [0.29, 0.717) is 16.3 Å². The fourth-order valence-electron chi connectivity index (χ4n) is 2.52. The maximum Gasteiger partial charge on any atom is 0.357 e. The van der Waals surface area contributed by atoms with E-state index < -0.39 is 21.5 Å². The number of rotatable bonds is 7. The summed E-state index contributed by atoms with van der Waals surface area (Å²) in [4.78, 5) is 12.0. The Bertz CT molecular complexity index is 1340. The first-order valence-corrected chi connectivity index (χ1v) is 11.9. The summed E-state index contributed by atoms with van der Waals surface area (Å²) in [7, 11) is -2.29. The van der Waals surface area contributed by atoms with E-state index in [0.717, 1.165) is 13.4 Å². The van der Waals surface area contributed by atoms with Crippen molar-refractivity contribution in [3.05, 3.63) is 63.9 Å². The lowest BCUT2D eigenvalue weighted by molar-refractivity contribution is -0.132. The summed E-state index contributed by atoms with van der Waals surface area (Å²) in [5, 5.41) is 19.4. The molecule has 1 aromatic heterocycles. The number of benzene rings is 2. The van der Waals surface area contributed by atoms with E-state index in [2.05, 4.69) is 36.2 Å². The molecule has 2 N–H and O–H groups in total. The number of esters is 1. The Morgan fingerprint density at radius 1 is 1.19 bits per heavy atom. The maximum absolute atomic E-state index is 11.9. The monoisotopic (exact) mass is 538 g/mol. The zero-order valence-electron chi connectivity index (χ0n) is 16.7. The van der Waals surface area contributed by atoms with Gasteiger partial charge in [0, 0.05) is 11.8 Å². The summed E-state index contributed by atoms with van der Waals surface area (Å²) < 4.78 is 34.0.